The van der Waals surface area contributed by atoms with Crippen LogP contribution in [0.2, 0.25) is 0 Å². The molecule has 2 rings (SSSR count). The first-order valence-corrected chi connectivity index (χ1v) is 6.87. The first-order valence-electron chi connectivity index (χ1n) is 6.87. The summed E-state index contributed by atoms with van der Waals surface area (Å²) in [6.07, 6.45) is 1.70. The third kappa shape index (κ3) is 3.55. The molecule has 1 heterocycles. The molecule has 1 amide bonds. The summed E-state index contributed by atoms with van der Waals surface area (Å²) in [4.78, 5) is 23.9. The Morgan fingerprint density at radius 2 is 2.33 bits per heavy atom. The lowest BCUT2D eigenvalue weighted by molar-refractivity contribution is -0.387. The van der Waals surface area contributed by atoms with Crippen molar-refractivity contribution in [1.29, 1.82) is 0 Å². The quantitative estimate of drug-likeness (QED) is 0.631. The zero-order chi connectivity index (χ0) is 15.4. The molecule has 1 saturated heterocycles. The van der Waals surface area contributed by atoms with Crippen LogP contribution in [-0.4, -0.2) is 41.5 Å². The monoisotopic (exact) mass is 296 g/mol. The molecule has 114 valence electrons. The standard InChI is InChI=1S/C14H17FN2O4/c1-2-21-11-4-3-7-16(9-11)14(18)10-5-6-12(15)13(8-10)17(19)20/h5-6,8,11H,2-4,7,9H2,1H3. The minimum atomic E-state index is -0.942. The fourth-order valence-corrected chi connectivity index (χ4v) is 2.46. The molecule has 1 unspecified atom stereocenters. The molecule has 0 aromatic heterocycles. The molecule has 1 aromatic rings. The van der Waals surface area contributed by atoms with Crippen LogP contribution in [0.5, 0.6) is 0 Å². The smallest absolute Gasteiger partial charge is 0.305 e. The van der Waals surface area contributed by atoms with E-state index in [1.807, 2.05) is 6.92 Å². The summed E-state index contributed by atoms with van der Waals surface area (Å²) in [5.41, 5.74) is -0.556. The van der Waals surface area contributed by atoms with Crippen LogP contribution in [-0.2, 0) is 4.74 Å². The van der Waals surface area contributed by atoms with Crippen LogP contribution in [0.1, 0.15) is 30.1 Å². The molecule has 1 aliphatic heterocycles. The Balaban J connectivity index is 2.16. The van der Waals surface area contributed by atoms with Gasteiger partial charge >= 0.3 is 5.69 Å². The molecule has 1 aromatic carbocycles. The molecule has 1 fully saturated rings. The Labute approximate surface area is 121 Å². The van der Waals surface area contributed by atoms with E-state index in [4.69, 9.17) is 4.74 Å². The summed E-state index contributed by atoms with van der Waals surface area (Å²) < 4.78 is 18.8. The Morgan fingerprint density at radius 3 is 3.00 bits per heavy atom. The number of carbonyl (C=O) groups is 1. The van der Waals surface area contributed by atoms with Gasteiger partial charge in [0, 0.05) is 31.3 Å². The molecule has 1 aliphatic rings. The first kappa shape index (κ1) is 15.4. The van der Waals surface area contributed by atoms with Crippen molar-refractivity contribution in [1.82, 2.24) is 4.90 Å². The van der Waals surface area contributed by atoms with E-state index in [0.717, 1.165) is 25.0 Å². The highest BCUT2D eigenvalue weighted by molar-refractivity contribution is 5.95. The summed E-state index contributed by atoms with van der Waals surface area (Å²) in [5.74, 6) is -1.27. The van der Waals surface area contributed by atoms with E-state index in [9.17, 15) is 19.3 Å². The second-order valence-electron chi connectivity index (χ2n) is 4.89. The van der Waals surface area contributed by atoms with Crippen molar-refractivity contribution in [2.24, 2.45) is 0 Å². The average molecular weight is 296 g/mol. The van der Waals surface area contributed by atoms with E-state index in [0.29, 0.717) is 19.7 Å². The normalized spacial score (nSPS) is 18.6. The van der Waals surface area contributed by atoms with Crippen LogP contribution in [0.3, 0.4) is 0 Å². The summed E-state index contributed by atoms with van der Waals surface area (Å²) in [5, 5.41) is 10.7. The van der Waals surface area contributed by atoms with E-state index in [2.05, 4.69) is 0 Å². The Morgan fingerprint density at radius 1 is 1.57 bits per heavy atom. The summed E-state index contributed by atoms with van der Waals surface area (Å²) in [6, 6.07) is 3.21. The van der Waals surface area contributed by atoms with E-state index in [-0.39, 0.29) is 17.6 Å². The van der Waals surface area contributed by atoms with Gasteiger partial charge in [-0.15, -0.1) is 0 Å². The molecular weight excluding hydrogens is 279 g/mol. The molecule has 0 bridgehead atoms. The molecule has 6 nitrogen and oxygen atoms in total. The average Bonchev–Trinajstić information content (AvgIpc) is 2.47. The molecule has 21 heavy (non-hydrogen) atoms. The highest BCUT2D eigenvalue weighted by Crippen LogP contribution is 2.21. The summed E-state index contributed by atoms with van der Waals surface area (Å²) in [7, 11) is 0. The zero-order valence-electron chi connectivity index (χ0n) is 11.8. The number of likely N-dealkylation sites (tertiary alicyclic amines) is 1. The van der Waals surface area contributed by atoms with Crippen molar-refractivity contribution >= 4 is 11.6 Å². The number of ether oxygens (including phenoxy) is 1. The lowest BCUT2D eigenvalue weighted by atomic mass is 10.1. The van der Waals surface area contributed by atoms with Gasteiger partial charge in [-0.05, 0) is 31.9 Å². The first-order chi connectivity index (χ1) is 10.0. The topological polar surface area (TPSA) is 72.7 Å². The number of hydrogen-bond donors (Lipinski definition) is 0. The van der Waals surface area contributed by atoms with Gasteiger partial charge in [-0.2, -0.15) is 4.39 Å². The lowest BCUT2D eigenvalue weighted by Crippen LogP contribution is -2.43. The molecule has 0 saturated carbocycles. The van der Waals surface area contributed by atoms with Crippen molar-refractivity contribution in [3.8, 4) is 0 Å². The molecule has 0 N–H and O–H groups in total. The van der Waals surface area contributed by atoms with Gasteiger partial charge in [-0.3, -0.25) is 14.9 Å². The molecule has 1 atom stereocenters. The van der Waals surface area contributed by atoms with Crippen molar-refractivity contribution < 1.29 is 18.8 Å². The van der Waals surface area contributed by atoms with Crippen molar-refractivity contribution in [3.05, 3.63) is 39.7 Å². The second-order valence-corrected chi connectivity index (χ2v) is 4.89. The number of benzene rings is 1. The third-order valence-corrected chi connectivity index (χ3v) is 3.46. The minimum Gasteiger partial charge on any atom is -0.377 e. The van der Waals surface area contributed by atoms with Crippen LogP contribution >= 0.6 is 0 Å². The van der Waals surface area contributed by atoms with Crippen LogP contribution < -0.4 is 0 Å². The number of amides is 1. The number of hydrogen-bond acceptors (Lipinski definition) is 4. The van der Waals surface area contributed by atoms with Crippen LogP contribution in [0.4, 0.5) is 10.1 Å². The number of halogens is 1. The Hall–Kier alpha value is -2.02. The van der Waals surface area contributed by atoms with Crippen molar-refractivity contribution in [3.63, 3.8) is 0 Å². The van der Waals surface area contributed by atoms with E-state index < -0.39 is 16.4 Å². The van der Waals surface area contributed by atoms with Gasteiger partial charge in [0.15, 0.2) is 0 Å². The zero-order valence-corrected chi connectivity index (χ0v) is 11.8. The van der Waals surface area contributed by atoms with E-state index >= 15 is 0 Å². The predicted molar refractivity (Wildman–Crippen MR) is 73.6 cm³/mol. The lowest BCUT2D eigenvalue weighted by Gasteiger charge is -2.32. The summed E-state index contributed by atoms with van der Waals surface area (Å²) in [6.45, 7) is 3.50. The van der Waals surface area contributed by atoms with E-state index in [1.165, 1.54) is 6.07 Å². The number of nitrogens with zero attached hydrogens (tertiary/aromatic N) is 2. The van der Waals surface area contributed by atoms with Crippen LogP contribution in [0.25, 0.3) is 0 Å². The van der Waals surface area contributed by atoms with Gasteiger partial charge in [0.05, 0.1) is 11.0 Å². The van der Waals surface area contributed by atoms with Crippen LogP contribution in [0.15, 0.2) is 18.2 Å². The maximum Gasteiger partial charge on any atom is 0.305 e. The van der Waals surface area contributed by atoms with Gasteiger partial charge in [0.25, 0.3) is 5.91 Å². The molecule has 7 heteroatoms. The number of rotatable bonds is 4. The maximum absolute atomic E-state index is 13.3. The number of nitro groups is 1. The SMILES string of the molecule is CCOC1CCCN(C(=O)c2ccc(F)c([N+](=O)[O-])c2)C1. The Bertz CT molecular complexity index is 548. The number of carbonyl (C=O) groups excluding carboxylic acids is 1. The largest absolute Gasteiger partial charge is 0.377 e. The minimum absolute atomic E-state index is 0.0110. The summed E-state index contributed by atoms with van der Waals surface area (Å²) >= 11 is 0. The molecule has 0 radical (unpaired) electrons. The van der Waals surface area contributed by atoms with Gasteiger partial charge in [0.2, 0.25) is 5.82 Å². The number of piperidine rings is 1. The van der Waals surface area contributed by atoms with Crippen LogP contribution in [0, 0.1) is 15.9 Å². The molecule has 0 spiro atoms. The van der Waals surface area contributed by atoms with Crippen molar-refractivity contribution in [2.45, 2.75) is 25.9 Å². The van der Waals surface area contributed by atoms with Crippen molar-refractivity contribution in [2.75, 3.05) is 19.7 Å². The van der Waals surface area contributed by atoms with E-state index in [1.54, 1.807) is 4.90 Å². The predicted octanol–water partition coefficient (Wildman–Crippen LogP) is 2.38. The second kappa shape index (κ2) is 6.62. The fourth-order valence-electron chi connectivity index (χ4n) is 2.46. The third-order valence-electron chi connectivity index (χ3n) is 3.46. The number of nitro benzene ring substituents is 1. The van der Waals surface area contributed by atoms with Gasteiger partial charge in [-0.1, -0.05) is 0 Å². The van der Waals surface area contributed by atoms with Gasteiger partial charge < -0.3 is 9.64 Å². The maximum atomic E-state index is 13.3. The fraction of sp³-hybridized carbons (Fsp3) is 0.500. The highest BCUT2D eigenvalue weighted by atomic mass is 19.1. The van der Waals surface area contributed by atoms with Gasteiger partial charge in [0.1, 0.15) is 0 Å². The molecular formula is C14H17FN2O4. The Kier molecular flexibility index (Phi) is 4.85. The van der Waals surface area contributed by atoms with Gasteiger partial charge in [-0.25, -0.2) is 0 Å². The highest BCUT2D eigenvalue weighted by Gasteiger charge is 2.26. The molecule has 0 aliphatic carbocycles.